The molecular weight excluding hydrogens is 356 g/mol. The number of halogens is 2. The molecule has 1 N–H and O–H groups in total. The van der Waals surface area contributed by atoms with Gasteiger partial charge < -0.3 is 9.84 Å². The van der Waals surface area contributed by atoms with Crippen molar-refractivity contribution in [2.75, 3.05) is 0 Å². The third-order valence-corrected chi connectivity index (χ3v) is 4.37. The third-order valence-electron chi connectivity index (χ3n) is 4.37. The monoisotopic (exact) mass is 373 g/mol. The highest BCUT2D eigenvalue weighted by molar-refractivity contribution is 6.06. The molecule has 1 aromatic heterocycles. The molecule has 140 valence electrons. The number of phenolic OH excluding ortho intramolecular Hbond substituents is 1. The molecule has 0 aliphatic rings. The number of hydrogen-bond acceptors (Lipinski definition) is 4. The number of aryl methyl sites for hydroxylation is 1. The lowest BCUT2D eigenvalue weighted by Gasteiger charge is -2.08. The highest BCUT2D eigenvalue weighted by Crippen LogP contribution is 2.39. The summed E-state index contributed by atoms with van der Waals surface area (Å²) in [6, 6.07) is 5.82. The van der Waals surface area contributed by atoms with E-state index < -0.39 is 23.5 Å². The van der Waals surface area contributed by atoms with E-state index in [1.165, 1.54) is 29.7 Å². The number of phenols is 1. The van der Waals surface area contributed by atoms with Crippen LogP contribution in [0.1, 0.15) is 35.5 Å². The summed E-state index contributed by atoms with van der Waals surface area (Å²) < 4.78 is 33.4. The van der Waals surface area contributed by atoms with Gasteiger partial charge in [-0.1, -0.05) is 6.92 Å². The highest BCUT2D eigenvalue weighted by Gasteiger charge is 2.25. The molecule has 0 aliphatic heterocycles. The summed E-state index contributed by atoms with van der Waals surface area (Å²) in [6.45, 7) is 4.62. The molecule has 3 rings (SSSR count). The first kappa shape index (κ1) is 18.6. The number of hydrogen-bond donors (Lipinski definition) is 1. The van der Waals surface area contributed by atoms with Gasteiger partial charge in [0.2, 0.25) is 0 Å². The smallest absolute Gasteiger partial charge is 0.308 e. The maximum atomic E-state index is 13.6. The van der Waals surface area contributed by atoms with E-state index in [0.717, 1.165) is 12.1 Å². The lowest BCUT2D eigenvalue weighted by atomic mass is 10.1. The zero-order chi connectivity index (χ0) is 19.9. The maximum Gasteiger partial charge on any atom is 0.308 e. The third kappa shape index (κ3) is 3.05. The summed E-state index contributed by atoms with van der Waals surface area (Å²) in [5.74, 6) is -3.22. The Morgan fingerprint density at radius 3 is 2.44 bits per heavy atom. The average molecular weight is 373 g/mol. The molecule has 3 aromatic rings. The van der Waals surface area contributed by atoms with Crippen LogP contribution in [-0.4, -0.2) is 21.6 Å². The van der Waals surface area contributed by atoms with Crippen molar-refractivity contribution in [2.24, 2.45) is 0 Å². The molecule has 0 unspecified atom stereocenters. The molecule has 0 saturated heterocycles. The van der Waals surface area contributed by atoms with Gasteiger partial charge in [-0.25, -0.2) is 8.78 Å². The van der Waals surface area contributed by atoms with Crippen molar-refractivity contribution in [1.82, 2.24) is 4.57 Å². The van der Waals surface area contributed by atoms with Gasteiger partial charge >= 0.3 is 5.97 Å². The van der Waals surface area contributed by atoms with E-state index in [4.69, 9.17) is 4.74 Å². The van der Waals surface area contributed by atoms with Crippen LogP contribution in [-0.2, 0) is 11.2 Å². The molecule has 7 heteroatoms. The first-order valence-electron chi connectivity index (χ1n) is 8.30. The molecule has 0 saturated carbocycles. The Balaban J connectivity index is 2.32. The molecule has 0 bridgehead atoms. The predicted octanol–water partition coefficient (Wildman–Crippen LogP) is 4.11. The fraction of sp³-hybridized carbons (Fsp3) is 0.200. The SMILES string of the molecule is CCc1c(O)ccc2c1c(OC(C)=O)c(C)n2C(=O)c1ccc(F)c(F)c1. The van der Waals surface area contributed by atoms with E-state index in [2.05, 4.69) is 0 Å². The molecule has 0 radical (unpaired) electrons. The summed E-state index contributed by atoms with van der Waals surface area (Å²) in [5.41, 5.74) is 1.17. The molecule has 0 amide bonds. The van der Waals surface area contributed by atoms with Crippen LogP contribution in [0.2, 0.25) is 0 Å². The number of benzene rings is 2. The van der Waals surface area contributed by atoms with Crippen molar-refractivity contribution >= 4 is 22.8 Å². The van der Waals surface area contributed by atoms with E-state index in [9.17, 15) is 23.5 Å². The fourth-order valence-corrected chi connectivity index (χ4v) is 3.17. The van der Waals surface area contributed by atoms with Crippen molar-refractivity contribution in [2.45, 2.75) is 27.2 Å². The second kappa shape index (κ2) is 6.83. The Bertz CT molecular complexity index is 1090. The predicted molar refractivity (Wildman–Crippen MR) is 95.1 cm³/mol. The van der Waals surface area contributed by atoms with E-state index in [1.807, 2.05) is 6.92 Å². The molecule has 2 aromatic carbocycles. The molecule has 0 spiro atoms. The highest BCUT2D eigenvalue weighted by atomic mass is 19.2. The minimum atomic E-state index is -1.14. The quantitative estimate of drug-likeness (QED) is 0.702. The largest absolute Gasteiger partial charge is 0.508 e. The summed E-state index contributed by atoms with van der Waals surface area (Å²) in [5, 5.41) is 10.6. The van der Waals surface area contributed by atoms with Crippen LogP contribution in [0.3, 0.4) is 0 Å². The molecule has 1 heterocycles. The number of carbonyl (C=O) groups is 2. The van der Waals surface area contributed by atoms with Crippen molar-refractivity contribution in [3.63, 3.8) is 0 Å². The number of esters is 1. The van der Waals surface area contributed by atoms with E-state index >= 15 is 0 Å². The van der Waals surface area contributed by atoms with Gasteiger partial charge in [-0.15, -0.1) is 0 Å². The lowest BCUT2D eigenvalue weighted by molar-refractivity contribution is -0.131. The molecule has 0 atom stereocenters. The van der Waals surface area contributed by atoms with Gasteiger partial charge in [-0.05, 0) is 43.7 Å². The summed E-state index contributed by atoms with van der Waals surface area (Å²) in [6.07, 6.45) is 0.431. The van der Waals surface area contributed by atoms with Crippen LogP contribution in [0.5, 0.6) is 11.5 Å². The van der Waals surface area contributed by atoms with Crippen LogP contribution in [0.15, 0.2) is 30.3 Å². The standard InChI is InChI=1S/C20H17F2NO4/c1-4-13-17(25)8-7-16-18(13)19(27-11(3)24)10(2)23(16)20(26)12-5-6-14(21)15(22)9-12/h5-9,25H,4H2,1-3H3. The molecule has 5 nitrogen and oxygen atoms in total. The summed E-state index contributed by atoms with van der Waals surface area (Å²) in [7, 11) is 0. The molecular formula is C20H17F2NO4. The summed E-state index contributed by atoms with van der Waals surface area (Å²) in [4.78, 5) is 24.6. The number of carbonyl (C=O) groups excluding carboxylic acids is 2. The second-order valence-corrected chi connectivity index (χ2v) is 6.09. The van der Waals surface area contributed by atoms with Crippen molar-refractivity contribution in [3.05, 3.63) is 58.8 Å². The maximum absolute atomic E-state index is 13.6. The molecule has 0 aliphatic carbocycles. The Morgan fingerprint density at radius 1 is 1.15 bits per heavy atom. The first-order chi connectivity index (χ1) is 12.8. The van der Waals surface area contributed by atoms with Crippen LogP contribution >= 0.6 is 0 Å². The Morgan fingerprint density at radius 2 is 1.85 bits per heavy atom. The molecule has 0 fully saturated rings. The number of aromatic nitrogens is 1. The van der Waals surface area contributed by atoms with Gasteiger partial charge in [0, 0.05) is 18.1 Å². The Labute approximate surface area is 153 Å². The van der Waals surface area contributed by atoms with Gasteiger partial charge in [0.25, 0.3) is 5.91 Å². The topological polar surface area (TPSA) is 68.5 Å². The first-order valence-corrected chi connectivity index (χ1v) is 8.30. The zero-order valence-electron chi connectivity index (χ0n) is 15.0. The Hall–Kier alpha value is -3.22. The minimum Gasteiger partial charge on any atom is -0.508 e. The zero-order valence-corrected chi connectivity index (χ0v) is 15.0. The average Bonchev–Trinajstić information content (AvgIpc) is 2.88. The van der Waals surface area contributed by atoms with Crippen molar-refractivity contribution < 1.29 is 28.2 Å². The number of aromatic hydroxyl groups is 1. The number of nitrogens with zero attached hydrogens (tertiary/aromatic N) is 1. The van der Waals surface area contributed by atoms with E-state index in [-0.39, 0.29) is 17.1 Å². The fourth-order valence-electron chi connectivity index (χ4n) is 3.17. The second-order valence-electron chi connectivity index (χ2n) is 6.09. The van der Waals surface area contributed by atoms with Crippen LogP contribution in [0.25, 0.3) is 10.9 Å². The van der Waals surface area contributed by atoms with Gasteiger partial charge in [0.1, 0.15) is 5.75 Å². The number of ether oxygens (including phenoxy) is 1. The summed E-state index contributed by atoms with van der Waals surface area (Å²) >= 11 is 0. The number of rotatable bonds is 3. The minimum absolute atomic E-state index is 0.0100. The van der Waals surface area contributed by atoms with Crippen LogP contribution in [0, 0.1) is 18.6 Å². The normalized spacial score (nSPS) is 11.0. The molecule has 27 heavy (non-hydrogen) atoms. The van der Waals surface area contributed by atoms with Gasteiger partial charge in [0.05, 0.1) is 16.6 Å². The van der Waals surface area contributed by atoms with E-state index in [0.29, 0.717) is 28.6 Å². The van der Waals surface area contributed by atoms with Gasteiger partial charge in [-0.2, -0.15) is 0 Å². The van der Waals surface area contributed by atoms with Gasteiger partial charge in [-0.3, -0.25) is 14.2 Å². The van der Waals surface area contributed by atoms with Crippen LogP contribution < -0.4 is 4.74 Å². The Kier molecular flexibility index (Phi) is 4.70. The van der Waals surface area contributed by atoms with Crippen molar-refractivity contribution in [3.8, 4) is 11.5 Å². The lowest BCUT2D eigenvalue weighted by Crippen LogP contribution is -2.14. The van der Waals surface area contributed by atoms with E-state index in [1.54, 1.807) is 6.92 Å². The van der Waals surface area contributed by atoms with Crippen LogP contribution in [0.4, 0.5) is 8.78 Å². The number of fused-ring (bicyclic) bond motifs is 1. The van der Waals surface area contributed by atoms with Gasteiger partial charge in [0.15, 0.2) is 17.4 Å². The van der Waals surface area contributed by atoms with Crippen molar-refractivity contribution in [1.29, 1.82) is 0 Å².